The van der Waals surface area contributed by atoms with Gasteiger partial charge in [0.05, 0.1) is 0 Å². The lowest BCUT2D eigenvalue weighted by Gasteiger charge is -2.23. The van der Waals surface area contributed by atoms with Crippen LogP contribution in [0.2, 0.25) is 0 Å². The van der Waals surface area contributed by atoms with E-state index in [-0.39, 0.29) is 0 Å². The van der Waals surface area contributed by atoms with Crippen molar-refractivity contribution in [3.05, 3.63) is 12.4 Å². The topological polar surface area (TPSA) is 47.1 Å². The minimum absolute atomic E-state index is 0.712. The second kappa shape index (κ2) is 4.66. The molecule has 0 atom stereocenters. The molecule has 1 aromatic rings. The zero-order valence-corrected chi connectivity index (χ0v) is 9.39. The van der Waals surface area contributed by atoms with Gasteiger partial charge >= 0.3 is 0 Å². The Labute approximate surface area is 91.1 Å². The summed E-state index contributed by atoms with van der Waals surface area (Å²) >= 11 is 0. The SMILES string of the molecule is CCn1ccnc1N(CCCN)C1CC1. The first kappa shape index (κ1) is 10.5. The van der Waals surface area contributed by atoms with E-state index in [0.29, 0.717) is 6.04 Å². The number of imidazole rings is 1. The molecule has 15 heavy (non-hydrogen) atoms. The minimum atomic E-state index is 0.712. The number of nitrogens with zero attached hydrogens (tertiary/aromatic N) is 3. The number of hydrogen-bond acceptors (Lipinski definition) is 3. The molecule has 0 aromatic carbocycles. The molecule has 2 N–H and O–H groups in total. The van der Waals surface area contributed by atoms with Crippen LogP contribution in [0.25, 0.3) is 0 Å². The van der Waals surface area contributed by atoms with Crippen molar-refractivity contribution in [2.75, 3.05) is 18.0 Å². The molecule has 0 unspecified atom stereocenters. The van der Waals surface area contributed by atoms with Crippen LogP contribution in [-0.2, 0) is 6.54 Å². The zero-order valence-electron chi connectivity index (χ0n) is 9.39. The first-order valence-electron chi connectivity index (χ1n) is 5.84. The van der Waals surface area contributed by atoms with Crippen LogP contribution in [0.3, 0.4) is 0 Å². The van der Waals surface area contributed by atoms with Gasteiger partial charge < -0.3 is 15.2 Å². The maximum atomic E-state index is 5.57. The second-order valence-corrected chi connectivity index (χ2v) is 4.08. The van der Waals surface area contributed by atoms with Crippen molar-refractivity contribution in [3.63, 3.8) is 0 Å². The van der Waals surface area contributed by atoms with Crippen molar-refractivity contribution in [2.24, 2.45) is 5.73 Å². The first-order valence-corrected chi connectivity index (χ1v) is 5.84. The summed E-state index contributed by atoms with van der Waals surface area (Å²) in [6, 6.07) is 0.712. The molecule has 1 aliphatic carbocycles. The fourth-order valence-corrected chi connectivity index (χ4v) is 1.90. The largest absolute Gasteiger partial charge is 0.339 e. The molecule has 0 aliphatic heterocycles. The van der Waals surface area contributed by atoms with Crippen molar-refractivity contribution >= 4 is 5.95 Å². The van der Waals surface area contributed by atoms with Crippen LogP contribution in [0.1, 0.15) is 26.2 Å². The Balaban J connectivity index is 2.09. The Morgan fingerprint density at radius 1 is 1.60 bits per heavy atom. The summed E-state index contributed by atoms with van der Waals surface area (Å²) in [5.41, 5.74) is 5.57. The van der Waals surface area contributed by atoms with Crippen LogP contribution < -0.4 is 10.6 Å². The number of nitrogens with two attached hydrogens (primary N) is 1. The summed E-state index contributed by atoms with van der Waals surface area (Å²) in [5, 5.41) is 0. The average Bonchev–Trinajstić information content (AvgIpc) is 2.97. The molecule has 0 amide bonds. The summed E-state index contributed by atoms with van der Waals surface area (Å²) < 4.78 is 2.20. The van der Waals surface area contributed by atoms with Gasteiger partial charge in [-0.2, -0.15) is 0 Å². The van der Waals surface area contributed by atoms with Gasteiger partial charge in [-0.1, -0.05) is 0 Å². The van der Waals surface area contributed by atoms with Crippen LogP contribution in [0.15, 0.2) is 12.4 Å². The summed E-state index contributed by atoms with van der Waals surface area (Å²) in [5.74, 6) is 1.12. The van der Waals surface area contributed by atoms with E-state index in [1.54, 1.807) is 0 Å². The quantitative estimate of drug-likeness (QED) is 0.764. The minimum Gasteiger partial charge on any atom is -0.339 e. The van der Waals surface area contributed by atoms with E-state index in [9.17, 15) is 0 Å². The van der Waals surface area contributed by atoms with Crippen molar-refractivity contribution in [2.45, 2.75) is 38.8 Å². The normalized spacial score (nSPS) is 15.6. The van der Waals surface area contributed by atoms with Gasteiger partial charge in [0.1, 0.15) is 0 Å². The van der Waals surface area contributed by atoms with Gasteiger partial charge in [-0.05, 0) is 32.7 Å². The Kier molecular flexibility index (Phi) is 3.26. The number of aromatic nitrogens is 2. The molecule has 1 saturated carbocycles. The maximum Gasteiger partial charge on any atom is 0.205 e. The van der Waals surface area contributed by atoms with Crippen molar-refractivity contribution in [3.8, 4) is 0 Å². The van der Waals surface area contributed by atoms with Crippen molar-refractivity contribution in [1.29, 1.82) is 0 Å². The Hall–Kier alpha value is -1.03. The molecule has 4 heteroatoms. The lowest BCUT2D eigenvalue weighted by Crippen LogP contribution is -2.30. The smallest absolute Gasteiger partial charge is 0.205 e. The molecular formula is C11H20N4. The van der Waals surface area contributed by atoms with E-state index < -0.39 is 0 Å². The number of aryl methyl sites for hydroxylation is 1. The van der Waals surface area contributed by atoms with Gasteiger partial charge in [-0.25, -0.2) is 4.98 Å². The molecule has 1 aliphatic rings. The Morgan fingerprint density at radius 3 is 3.00 bits per heavy atom. The van der Waals surface area contributed by atoms with E-state index in [1.807, 2.05) is 12.4 Å². The molecule has 1 heterocycles. The lowest BCUT2D eigenvalue weighted by molar-refractivity contribution is 0.665. The van der Waals surface area contributed by atoms with E-state index >= 15 is 0 Å². The summed E-state index contributed by atoms with van der Waals surface area (Å²) in [6.07, 6.45) is 7.60. The third kappa shape index (κ3) is 2.31. The fraction of sp³-hybridized carbons (Fsp3) is 0.727. The van der Waals surface area contributed by atoms with E-state index in [2.05, 4.69) is 21.4 Å². The molecule has 0 saturated heterocycles. The predicted octanol–water partition coefficient (Wildman–Crippen LogP) is 1.22. The number of hydrogen-bond donors (Lipinski definition) is 1. The monoisotopic (exact) mass is 208 g/mol. The fourth-order valence-electron chi connectivity index (χ4n) is 1.90. The zero-order chi connectivity index (χ0) is 10.7. The van der Waals surface area contributed by atoms with Gasteiger partial charge in [-0.3, -0.25) is 0 Å². The van der Waals surface area contributed by atoms with Gasteiger partial charge in [0.15, 0.2) is 0 Å². The molecule has 1 aromatic heterocycles. The number of anilines is 1. The third-order valence-corrected chi connectivity index (χ3v) is 2.88. The highest BCUT2D eigenvalue weighted by Gasteiger charge is 2.30. The van der Waals surface area contributed by atoms with Gasteiger partial charge in [0.25, 0.3) is 0 Å². The van der Waals surface area contributed by atoms with Gasteiger partial charge in [0, 0.05) is 31.5 Å². The molecular weight excluding hydrogens is 188 g/mol. The maximum absolute atomic E-state index is 5.57. The Bertz CT molecular complexity index is 303. The Morgan fingerprint density at radius 2 is 2.40 bits per heavy atom. The highest BCUT2D eigenvalue weighted by Crippen LogP contribution is 2.30. The van der Waals surface area contributed by atoms with Crippen LogP contribution in [0.5, 0.6) is 0 Å². The van der Waals surface area contributed by atoms with E-state index in [0.717, 1.165) is 32.0 Å². The second-order valence-electron chi connectivity index (χ2n) is 4.08. The van der Waals surface area contributed by atoms with Crippen LogP contribution in [0.4, 0.5) is 5.95 Å². The summed E-state index contributed by atoms with van der Waals surface area (Å²) in [6.45, 7) is 4.94. The lowest BCUT2D eigenvalue weighted by atomic mass is 10.4. The summed E-state index contributed by atoms with van der Waals surface area (Å²) in [7, 11) is 0. The first-order chi connectivity index (χ1) is 7.36. The average molecular weight is 208 g/mol. The van der Waals surface area contributed by atoms with Crippen LogP contribution >= 0.6 is 0 Å². The van der Waals surface area contributed by atoms with Crippen molar-refractivity contribution in [1.82, 2.24) is 9.55 Å². The highest BCUT2D eigenvalue weighted by atomic mass is 15.3. The van der Waals surface area contributed by atoms with E-state index in [4.69, 9.17) is 5.73 Å². The van der Waals surface area contributed by atoms with Crippen LogP contribution in [-0.4, -0.2) is 28.7 Å². The molecule has 4 nitrogen and oxygen atoms in total. The summed E-state index contributed by atoms with van der Waals surface area (Å²) in [4.78, 5) is 6.86. The molecule has 2 rings (SSSR count). The van der Waals surface area contributed by atoms with Gasteiger partial charge in [0.2, 0.25) is 5.95 Å². The standard InChI is InChI=1S/C11H20N4/c1-2-14-9-7-13-11(14)15(8-3-6-12)10-4-5-10/h7,9-10H,2-6,8,12H2,1H3. The molecule has 84 valence electrons. The molecule has 0 radical (unpaired) electrons. The molecule has 0 spiro atoms. The number of rotatable bonds is 6. The van der Waals surface area contributed by atoms with Gasteiger partial charge in [-0.15, -0.1) is 0 Å². The third-order valence-electron chi connectivity index (χ3n) is 2.88. The predicted molar refractivity (Wildman–Crippen MR) is 61.9 cm³/mol. The highest BCUT2D eigenvalue weighted by molar-refractivity contribution is 5.35. The van der Waals surface area contributed by atoms with E-state index in [1.165, 1.54) is 12.8 Å². The van der Waals surface area contributed by atoms with Crippen LogP contribution in [0, 0.1) is 0 Å². The van der Waals surface area contributed by atoms with Crippen molar-refractivity contribution < 1.29 is 0 Å². The molecule has 0 bridgehead atoms. The molecule has 1 fully saturated rings.